The maximum Gasteiger partial charge on any atom is 0.338 e. The van der Waals surface area contributed by atoms with Gasteiger partial charge in [-0.15, -0.1) is 0 Å². The summed E-state index contributed by atoms with van der Waals surface area (Å²) in [5, 5.41) is 0. The third-order valence-electron chi connectivity index (χ3n) is 2.01. The normalized spacial score (nSPS) is 9.86. The van der Waals surface area contributed by atoms with Crippen LogP contribution < -0.4 is 5.73 Å². The van der Waals surface area contributed by atoms with Gasteiger partial charge < -0.3 is 10.5 Å². The van der Waals surface area contributed by atoms with Gasteiger partial charge in [0, 0.05) is 5.69 Å². The number of rotatable bonds is 3. The first-order valence-electron chi connectivity index (χ1n) is 4.74. The Balaban J connectivity index is 3.01. The number of ether oxygens (including phenoxy) is 1. The van der Waals surface area contributed by atoms with Crippen molar-refractivity contribution in [3.05, 3.63) is 29.3 Å². The zero-order valence-corrected chi connectivity index (χ0v) is 8.54. The summed E-state index contributed by atoms with van der Waals surface area (Å²) in [6, 6.07) is 5.24. The van der Waals surface area contributed by atoms with Crippen molar-refractivity contribution in [1.29, 1.82) is 0 Å². The van der Waals surface area contributed by atoms with Crippen LogP contribution in [0, 0.1) is 0 Å². The smallest absolute Gasteiger partial charge is 0.338 e. The van der Waals surface area contributed by atoms with Crippen LogP contribution in [0.15, 0.2) is 18.2 Å². The zero-order valence-electron chi connectivity index (χ0n) is 8.54. The molecule has 3 heteroatoms. The highest BCUT2D eigenvalue weighted by Gasteiger charge is 2.10. The summed E-state index contributed by atoms with van der Waals surface area (Å²) >= 11 is 0. The Kier molecular flexibility index (Phi) is 3.51. The molecule has 2 N–H and O–H groups in total. The lowest BCUT2D eigenvalue weighted by atomic mass is 10.0. The fraction of sp³-hybridized carbons (Fsp3) is 0.364. The molecule has 0 fully saturated rings. The van der Waals surface area contributed by atoms with E-state index in [1.807, 2.05) is 13.0 Å². The van der Waals surface area contributed by atoms with Crippen LogP contribution in [-0.2, 0) is 11.2 Å². The number of carbonyl (C=O) groups excluding carboxylic acids is 1. The molecule has 76 valence electrons. The SMILES string of the molecule is CCOC(=O)c1ccc(N)cc1CC. The number of hydrogen-bond acceptors (Lipinski definition) is 3. The quantitative estimate of drug-likeness (QED) is 0.590. The fourth-order valence-electron chi connectivity index (χ4n) is 1.31. The van der Waals surface area contributed by atoms with E-state index in [0.717, 1.165) is 12.0 Å². The average Bonchev–Trinajstić information content (AvgIpc) is 2.17. The summed E-state index contributed by atoms with van der Waals surface area (Å²) in [6.07, 6.45) is 0.777. The minimum atomic E-state index is -0.274. The van der Waals surface area contributed by atoms with Gasteiger partial charge in [-0.25, -0.2) is 4.79 Å². The van der Waals surface area contributed by atoms with Crippen LogP contribution in [0.3, 0.4) is 0 Å². The monoisotopic (exact) mass is 193 g/mol. The van der Waals surface area contributed by atoms with Gasteiger partial charge in [-0.3, -0.25) is 0 Å². The Bertz CT molecular complexity index is 334. The van der Waals surface area contributed by atoms with E-state index < -0.39 is 0 Å². The highest BCUT2D eigenvalue weighted by molar-refractivity contribution is 5.91. The molecule has 3 nitrogen and oxygen atoms in total. The van der Waals surface area contributed by atoms with E-state index in [9.17, 15) is 4.79 Å². The number of carbonyl (C=O) groups is 1. The van der Waals surface area contributed by atoms with Crippen LogP contribution in [0.1, 0.15) is 29.8 Å². The molecule has 0 heterocycles. The van der Waals surface area contributed by atoms with Crippen molar-refractivity contribution in [3.63, 3.8) is 0 Å². The van der Waals surface area contributed by atoms with Crippen molar-refractivity contribution in [2.24, 2.45) is 0 Å². The molecule has 1 aromatic rings. The molecule has 0 atom stereocenters. The Labute approximate surface area is 83.9 Å². The van der Waals surface area contributed by atoms with Crippen LogP contribution >= 0.6 is 0 Å². The summed E-state index contributed by atoms with van der Waals surface area (Å²) in [6.45, 7) is 4.17. The Morgan fingerprint density at radius 1 is 1.43 bits per heavy atom. The first-order chi connectivity index (χ1) is 6.69. The molecule has 0 aliphatic rings. The number of anilines is 1. The number of nitrogen functional groups attached to an aromatic ring is 1. The van der Waals surface area contributed by atoms with E-state index in [-0.39, 0.29) is 5.97 Å². The van der Waals surface area contributed by atoms with Crippen LogP contribution in [0.25, 0.3) is 0 Å². The second kappa shape index (κ2) is 4.65. The molecule has 0 unspecified atom stereocenters. The van der Waals surface area contributed by atoms with Gasteiger partial charge in [-0.1, -0.05) is 6.92 Å². The van der Waals surface area contributed by atoms with Gasteiger partial charge in [0.05, 0.1) is 12.2 Å². The maximum atomic E-state index is 11.5. The molecule has 0 aromatic heterocycles. The molecule has 0 saturated heterocycles. The van der Waals surface area contributed by atoms with Gasteiger partial charge in [0.25, 0.3) is 0 Å². The number of esters is 1. The summed E-state index contributed by atoms with van der Waals surface area (Å²) in [4.78, 5) is 11.5. The number of nitrogens with two attached hydrogens (primary N) is 1. The zero-order chi connectivity index (χ0) is 10.6. The maximum absolute atomic E-state index is 11.5. The predicted molar refractivity (Wildman–Crippen MR) is 56.2 cm³/mol. The average molecular weight is 193 g/mol. The molecular formula is C11H15NO2. The summed E-state index contributed by atoms with van der Waals surface area (Å²) in [5.74, 6) is -0.274. The van der Waals surface area contributed by atoms with Crippen molar-refractivity contribution in [2.45, 2.75) is 20.3 Å². The lowest BCUT2D eigenvalue weighted by molar-refractivity contribution is 0.0525. The predicted octanol–water partition coefficient (Wildman–Crippen LogP) is 2.01. The minimum absolute atomic E-state index is 0.274. The van der Waals surface area contributed by atoms with Gasteiger partial charge in [0.2, 0.25) is 0 Å². The van der Waals surface area contributed by atoms with E-state index in [1.54, 1.807) is 19.1 Å². The lowest BCUT2D eigenvalue weighted by Crippen LogP contribution is -2.08. The van der Waals surface area contributed by atoms with Crippen LogP contribution in [-0.4, -0.2) is 12.6 Å². The molecule has 0 aliphatic heterocycles. The highest BCUT2D eigenvalue weighted by atomic mass is 16.5. The molecule has 0 aliphatic carbocycles. The summed E-state index contributed by atoms with van der Waals surface area (Å²) in [5.41, 5.74) is 7.85. The molecule has 14 heavy (non-hydrogen) atoms. The topological polar surface area (TPSA) is 52.3 Å². The third kappa shape index (κ3) is 2.25. The van der Waals surface area contributed by atoms with Gasteiger partial charge in [0.1, 0.15) is 0 Å². The van der Waals surface area contributed by atoms with Crippen LogP contribution in [0.5, 0.6) is 0 Å². The molecule has 0 bridgehead atoms. The van der Waals surface area contributed by atoms with Gasteiger partial charge in [0.15, 0.2) is 0 Å². The molecule has 1 rings (SSSR count). The van der Waals surface area contributed by atoms with Gasteiger partial charge in [-0.2, -0.15) is 0 Å². The van der Waals surface area contributed by atoms with E-state index >= 15 is 0 Å². The Morgan fingerprint density at radius 2 is 2.14 bits per heavy atom. The van der Waals surface area contributed by atoms with Gasteiger partial charge in [-0.05, 0) is 37.1 Å². The molecular weight excluding hydrogens is 178 g/mol. The van der Waals surface area contributed by atoms with E-state index in [0.29, 0.717) is 17.9 Å². The van der Waals surface area contributed by atoms with Crippen molar-refractivity contribution in [2.75, 3.05) is 12.3 Å². The molecule has 0 radical (unpaired) electrons. The molecule has 0 amide bonds. The minimum Gasteiger partial charge on any atom is -0.462 e. The summed E-state index contributed by atoms with van der Waals surface area (Å²) < 4.78 is 4.93. The third-order valence-corrected chi connectivity index (χ3v) is 2.01. The van der Waals surface area contributed by atoms with Crippen LogP contribution in [0.4, 0.5) is 5.69 Å². The van der Waals surface area contributed by atoms with Crippen molar-refractivity contribution < 1.29 is 9.53 Å². The molecule has 1 aromatic carbocycles. The second-order valence-corrected chi connectivity index (χ2v) is 2.99. The standard InChI is InChI=1S/C11H15NO2/c1-3-8-7-9(12)5-6-10(8)11(13)14-4-2/h5-7H,3-4,12H2,1-2H3. The largest absolute Gasteiger partial charge is 0.462 e. The van der Waals surface area contributed by atoms with Crippen molar-refractivity contribution >= 4 is 11.7 Å². The number of benzene rings is 1. The van der Waals surface area contributed by atoms with Crippen molar-refractivity contribution in [1.82, 2.24) is 0 Å². The van der Waals surface area contributed by atoms with E-state index in [1.165, 1.54) is 0 Å². The van der Waals surface area contributed by atoms with Crippen molar-refractivity contribution in [3.8, 4) is 0 Å². The fourth-order valence-corrected chi connectivity index (χ4v) is 1.31. The van der Waals surface area contributed by atoms with Crippen LogP contribution in [0.2, 0.25) is 0 Å². The Hall–Kier alpha value is -1.51. The molecule has 0 spiro atoms. The summed E-state index contributed by atoms with van der Waals surface area (Å²) in [7, 11) is 0. The second-order valence-electron chi connectivity index (χ2n) is 2.99. The molecule has 0 saturated carbocycles. The number of hydrogen-bond donors (Lipinski definition) is 1. The lowest BCUT2D eigenvalue weighted by Gasteiger charge is -2.07. The first-order valence-corrected chi connectivity index (χ1v) is 4.74. The van der Waals surface area contributed by atoms with Gasteiger partial charge >= 0.3 is 5.97 Å². The first kappa shape index (κ1) is 10.6. The Morgan fingerprint density at radius 3 is 2.71 bits per heavy atom. The number of aryl methyl sites for hydroxylation is 1. The highest BCUT2D eigenvalue weighted by Crippen LogP contribution is 2.15. The van der Waals surface area contributed by atoms with E-state index in [4.69, 9.17) is 10.5 Å². The van der Waals surface area contributed by atoms with E-state index in [2.05, 4.69) is 0 Å².